The van der Waals surface area contributed by atoms with Gasteiger partial charge in [-0.1, -0.05) is 23.2 Å². The second kappa shape index (κ2) is 11.8. The SMILES string of the molecule is CCn1cnnc1CNC(=NC)N1CCC(COc2cc(Cl)cc(Cl)c2)CC1.I. The molecule has 10 heteroatoms. The van der Waals surface area contributed by atoms with Gasteiger partial charge in [0, 0.05) is 36.7 Å². The Kier molecular flexibility index (Phi) is 9.78. The highest BCUT2D eigenvalue weighted by molar-refractivity contribution is 14.0. The van der Waals surface area contributed by atoms with Gasteiger partial charge in [-0.15, -0.1) is 34.2 Å². The van der Waals surface area contributed by atoms with Crippen molar-refractivity contribution in [2.24, 2.45) is 10.9 Å². The van der Waals surface area contributed by atoms with E-state index in [1.807, 2.05) is 11.6 Å². The fourth-order valence-electron chi connectivity index (χ4n) is 3.31. The fraction of sp³-hybridized carbons (Fsp3) is 0.526. The summed E-state index contributed by atoms with van der Waals surface area (Å²) in [6.45, 7) is 6.07. The molecule has 3 rings (SSSR count). The van der Waals surface area contributed by atoms with Gasteiger partial charge in [0.25, 0.3) is 0 Å². The molecule has 0 aliphatic carbocycles. The molecule has 29 heavy (non-hydrogen) atoms. The van der Waals surface area contributed by atoms with Crippen molar-refractivity contribution in [1.82, 2.24) is 25.0 Å². The maximum Gasteiger partial charge on any atom is 0.194 e. The Hall–Kier alpha value is -1.26. The van der Waals surface area contributed by atoms with Crippen molar-refractivity contribution >= 4 is 53.1 Å². The molecule has 0 spiro atoms. The van der Waals surface area contributed by atoms with E-state index in [-0.39, 0.29) is 24.0 Å². The van der Waals surface area contributed by atoms with Crippen LogP contribution in [-0.2, 0) is 13.1 Å². The lowest BCUT2D eigenvalue weighted by Crippen LogP contribution is -2.46. The zero-order valence-corrected chi connectivity index (χ0v) is 20.5. The molecule has 2 aromatic rings. The van der Waals surface area contributed by atoms with Crippen molar-refractivity contribution < 1.29 is 4.74 Å². The Labute approximate surface area is 198 Å². The molecule has 1 fully saturated rings. The summed E-state index contributed by atoms with van der Waals surface area (Å²) in [5.41, 5.74) is 0. The molecular formula is C19H27Cl2IN6O. The number of piperidine rings is 1. The van der Waals surface area contributed by atoms with E-state index in [0.717, 1.165) is 50.0 Å². The van der Waals surface area contributed by atoms with Crippen molar-refractivity contribution in [3.63, 3.8) is 0 Å². The largest absolute Gasteiger partial charge is 0.493 e. The first-order chi connectivity index (χ1) is 13.6. The Morgan fingerprint density at radius 1 is 1.24 bits per heavy atom. The van der Waals surface area contributed by atoms with Crippen LogP contribution in [0.2, 0.25) is 10.0 Å². The Morgan fingerprint density at radius 2 is 1.93 bits per heavy atom. The van der Waals surface area contributed by atoms with E-state index in [2.05, 4.69) is 32.3 Å². The lowest BCUT2D eigenvalue weighted by atomic mass is 9.98. The highest BCUT2D eigenvalue weighted by Gasteiger charge is 2.22. The van der Waals surface area contributed by atoms with Crippen LogP contribution in [0.15, 0.2) is 29.5 Å². The summed E-state index contributed by atoms with van der Waals surface area (Å²) in [4.78, 5) is 6.70. The molecule has 0 amide bonds. The van der Waals surface area contributed by atoms with Gasteiger partial charge in [-0.3, -0.25) is 4.99 Å². The average molecular weight is 553 g/mol. The third-order valence-electron chi connectivity index (χ3n) is 4.89. The second-order valence-corrected chi connectivity index (χ2v) is 7.65. The van der Waals surface area contributed by atoms with Gasteiger partial charge in [0.15, 0.2) is 11.8 Å². The van der Waals surface area contributed by atoms with Crippen molar-refractivity contribution in [2.75, 3.05) is 26.7 Å². The van der Waals surface area contributed by atoms with Crippen molar-refractivity contribution in [3.8, 4) is 5.75 Å². The number of ether oxygens (including phenoxy) is 1. The molecule has 160 valence electrons. The number of aryl methyl sites for hydroxylation is 1. The van der Waals surface area contributed by atoms with Gasteiger partial charge in [0.05, 0.1) is 13.2 Å². The van der Waals surface area contributed by atoms with Crippen LogP contribution in [-0.4, -0.2) is 52.4 Å². The van der Waals surface area contributed by atoms with Gasteiger partial charge in [-0.25, -0.2) is 0 Å². The predicted molar refractivity (Wildman–Crippen MR) is 128 cm³/mol. The Balaban J connectivity index is 0.00000300. The summed E-state index contributed by atoms with van der Waals surface area (Å²) >= 11 is 12.1. The summed E-state index contributed by atoms with van der Waals surface area (Å²) in [6, 6.07) is 5.29. The molecule has 2 heterocycles. The van der Waals surface area contributed by atoms with Gasteiger partial charge in [0.1, 0.15) is 12.1 Å². The van der Waals surface area contributed by atoms with Crippen molar-refractivity contribution in [3.05, 3.63) is 40.4 Å². The number of aliphatic imine (C=N–C) groups is 1. The highest BCUT2D eigenvalue weighted by atomic mass is 127. The summed E-state index contributed by atoms with van der Waals surface area (Å²) in [5, 5.41) is 12.7. The highest BCUT2D eigenvalue weighted by Crippen LogP contribution is 2.26. The van der Waals surface area contributed by atoms with E-state index in [1.165, 1.54) is 0 Å². The molecule has 7 nitrogen and oxygen atoms in total. The topological polar surface area (TPSA) is 67.6 Å². The molecule has 1 aromatic carbocycles. The number of likely N-dealkylation sites (tertiary alicyclic amines) is 1. The third kappa shape index (κ3) is 6.89. The number of nitrogens with one attached hydrogen (secondary N) is 1. The van der Waals surface area contributed by atoms with E-state index < -0.39 is 0 Å². The Bertz CT molecular complexity index is 787. The zero-order chi connectivity index (χ0) is 19.9. The lowest BCUT2D eigenvalue weighted by Gasteiger charge is -2.34. The van der Waals surface area contributed by atoms with Crippen LogP contribution in [0.25, 0.3) is 0 Å². The number of rotatable bonds is 6. The monoisotopic (exact) mass is 552 g/mol. The van der Waals surface area contributed by atoms with E-state index in [0.29, 0.717) is 29.1 Å². The maximum atomic E-state index is 6.03. The minimum Gasteiger partial charge on any atom is -0.493 e. The summed E-state index contributed by atoms with van der Waals surface area (Å²) in [5.74, 6) is 3.02. The lowest BCUT2D eigenvalue weighted by molar-refractivity contribution is 0.179. The minimum absolute atomic E-state index is 0. The first kappa shape index (κ1) is 24.0. The van der Waals surface area contributed by atoms with Crippen LogP contribution in [0, 0.1) is 5.92 Å². The number of nitrogens with zero attached hydrogens (tertiary/aromatic N) is 5. The molecule has 0 atom stereocenters. The van der Waals surface area contributed by atoms with Crippen LogP contribution in [0.1, 0.15) is 25.6 Å². The fourth-order valence-corrected chi connectivity index (χ4v) is 3.81. The molecule has 0 unspecified atom stereocenters. The number of hydrogen-bond acceptors (Lipinski definition) is 4. The van der Waals surface area contributed by atoms with E-state index in [4.69, 9.17) is 27.9 Å². The predicted octanol–water partition coefficient (Wildman–Crippen LogP) is 4.09. The van der Waals surface area contributed by atoms with Crippen LogP contribution in [0.3, 0.4) is 0 Å². The van der Waals surface area contributed by atoms with Gasteiger partial charge < -0.3 is 19.5 Å². The molecular weight excluding hydrogens is 526 g/mol. The second-order valence-electron chi connectivity index (χ2n) is 6.78. The smallest absolute Gasteiger partial charge is 0.194 e. The van der Waals surface area contributed by atoms with Gasteiger partial charge in [0.2, 0.25) is 0 Å². The molecule has 1 N–H and O–H groups in total. The number of benzene rings is 1. The first-order valence-corrected chi connectivity index (χ1v) is 10.3. The van der Waals surface area contributed by atoms with Crippen LogP contribution >= 0.6 is 47.2 Å². The van der Waals surface area contributed by atoms with Crippen molar-refractivity contribution in [2.45, 2.75) is 32.9 Å². The molecule has 1 aliphatic heterocycles. The molecule has 1 saturated heterocycles. The first-order valence-electron chi connectivity index (χ1n) is 9.50. The molecule has 1 aromatic heterocycles. The molecule has 1 aliphatic rings. The summed E-state index contributed by atoms with van der Waals surface area (Å²) < 4.78 is 7.92. The minimum atomic E-state index is 0. The number of halogens is 3. The summed E-state index contributed by atoms with van der Waals surface area (Å²) in [7, 11) is 1.81. The third-order valence-corrected chi connectivity index (χ3v) is 5.33. The van der Waals surface area contributed by atoms with E-state index in [9.17, 15) is 0 Å². The molecule has 0 bridgehead atoms. The van der Waals surface area contributed by atoms with Gasteiger partial charge >= 0.3 is 0 Å². The quantitative estimate of drug-likeness (QED) is 0.332. The molecule has 0 saturated carbocycles. The number of hydrogen-bond donors (Lipinski definition) is 1. The zero-order valence-electron chi connectivity index (χ0n) is 16.6. The number of guanidine groups is 1. The van der Waals surface area contributed by atoms with Crippen LogP contribution < -0.4 is 10.1 Å². The van der Waals surface area contributed by atoms with Crippen LogP contribution in [0.4, 0.5) is 0 Å². The van der Waals surface area contributed by atoms with Crippen molar-refractivity contribution in [1.29, 1.82) is 0 Å². The van der Waals surface area contributed by atoms with Gasteiger partial charge in [-0.2, -0.15) is 0 Å². The van der Waals surface area contributed by atoms with Crippen LogP contribution in [0.5, 0.6) is 5.75 Å². The van der Waals surface area contributed by atoms with E-state index in [1.54, 1.807) is 24.5 Å². The van der Waals surface area contributed by atoms with Gasteiger partial charge in [-0.05, 0) is 43.9 Å². The van der Waals surface area contributed by atoms with E-state index >= 15 is 0 Å². The normalized spacial score (nSPS) is 15.2. The average Bonchev–Trinajstić information content (AvgIpc) is 3.14. The molecule has 0 radical (unpaired) electrons. The summed E-state index contributed by atoms with van der Waals surface area (Å²) in [6.07, 6.45) is 3.83. The maximum absolute atomic E-state index is 6.03. The number of aromatic nitrogens is 3. The Morgan fingerprint density at radius 3 is 2.55 bits per heavy atom. The standard InChI is InChI=1S/C19H26Cl2N6O.HI/c1-3-26-13-24-25-18(26)11-23-19(22-2)27-6-4-14(5-7-27)12-28-17-9-15(20)8-16(21)10-17;/h8-10,13-14H,3-7,11-12H2,1-2H3,(H,22,23);1H.